The molecule has 6 unspecified atom stereocenters. The molecule has 0 spiro atoms. The Labute approximate surface area is 372 Å². The Bertz CT molecular complexity index is 1210. The van der Waals surface area contributed by atoms with Gasteiger partial charge < -0.3 is 71.1 Å². The second kappa shape index (κ2) is 24.6. The van der Waals surface area contributed by atoms with Crippen LogP contribution in [0.2, 0.25) is 0 Å². The van der Waals surface area contributed by atoms with Gasteiger partial charge in [0.25, 0.3) is 0 Å². The Kier molecular flexibility index (Phi) is 19.7. The van der Waals surface area contributed by atoms with Gasteiger partial charge in [-0.05, 0) is 25.7 Å². The third-order valence-electron chi connectivity index (χ3n) is 13.1. The smallest absolute Gasteiger partial charge is 0.306 e. The van der Waals surface area contributed by atoms with Crippen molar-refractivity contribution >= 4 is 17.9 Å². The Balaban J connectivity index is 1.12. The first-order valence-corrected chi connectivity index (χ1v) is 23.1. The molecule has 6 aliphatic rings. The van der Waals surface area contributed by atoms with Crippen molar-refractivity contribution in [3.63, 3.8) is 0 Å². The van der Waals surface area contributed by atoms with Crippen LogP contribution in [0.5, 0.6) is 0 Å². The molecule has 6 heterocycles. The van der Waals surface area contributed by atoms with Crippen molar-refractivity contribution in [1.29, 1.82) is 0 Å². The first-order chi connectivity index (χ1) is 30.5. The van der Waals surface area contributed by atoms with Gasteiger partial charge in [-0.15, -0.1) is 0 Å². The van der Waals surface area contributed by atoms with Gasteiger partial charge in [0.05, 0.1) is 158 Å². The van der Waals surface area contributed by atoms with E-state index in [1.165, 1.54) is 0 Å². The molecule has 0 amide bonds. The number of ether oxygens (including phenoxy) is 15. The molecule has 0 bridgehead atoms. The minimum Gasteiger partial charge on any atom is -0.457 e. The second-order valence-electron chi connectivity index (χ2n) is 18.8. The van der Waals surface area contributed by atoms with Crippen LogP contribution in [0.3, 0.4) is 0 Å². The van der Waals surface area contributed by atoms with E-state index in [0.717, 1.165) is 19.3 Å². The number of carbonyl (C=O) groups excluding carboxylic acids is 3. The Hall–Kier alpha value is -2.07. The molecule has 6 fully saturated rings. The highest BCUT2D eigenvalue weighted by Crippen LogP contribution is 2.38. The van der Waals surface area contributed by atoms with Crippen molar-refractivity contribution in [2.45, 2.75) is 109 Å². The highest BCUT2D eigenvalue weighted by atomic mass is 16.6. The van der Waals surface area contributed by atoms with Gasteiger partial charge in [-0.25, -0.2) is 0 Å². The van der Waals surface area contributed by atoms with Gasteiger partial charge in [0.2, 0.25) is 0 Å². The van der Waals surface area contributed by atoms with Crippen molar-refractivity contribution in [3.8, 4) is 0 Å². The van der Waals surface area contributed by atoms with Crippen LogP contribution in [0.4, 0.5) is 0 Å². The zero-order valence-corrected chi connectivity index (χ0v) is 38.1. The molecule has 0 aliphatic carbocycles. The molecule has 18 nitrogen and oxygen atoms in total. The molecule has 0 aromatic carbocycles. The standard InChI is InChI=1S/C45H74O18/c1-5-42(9-39(46)61-36(15-49-12-33-21-58-33)18-52-24-43(6-2)27-55-28-43,10-40(47)62-37(16-50-13-34-22-59-34)19-53-25-44(7-3)29-56-30-44)11-41(48)63-38(17-51-14-35-23-60-35)20-54-26-45(8-4)31-57-32-45/h33-38H,5-32H2,1-4H3. The molecule has 0 radical (unpaired) electrons. The van der Waals surface area contributed by atoms with Crippen LogP contribution < -0.4 is 0 Å². The van der Waals surface area contributed by atoms with Gasteiger partial charge in [-0.1, -0.05) is 27.7 Å². The number of epoxide rings is 3. The summed E-state index contributed by atoms with van der Waals surface area (Å²) in [6, 6.07) is 0. The van der Waals surface area contributed by atoms with Gasteiger partial charge in [0, 0.05) is 21.7 Å². The van der Waals surface area contributed by atoms with Crippen molar-refractivity contribution < 1.29 is 85.4 Å². The summed E-state index contributed by atoms with van der Waals surface area (Å²) in [7, 11) is 0. The predicted molar refractivity (Wildman–Crippen MR) is 221 cm³/mol. The first kappa shape index (κ1) is 50.3. The number of hydrogen-bond acceptors (Lipinski definition) is 18. The number of hydrogen-bond donors (Lipinski definition) is 0. The highest BCUT2D eigenvalue weighted by molar-refractivity contribution is 5.78. The summed E-state index contributed by atoms with van der Waals surface area (Å²) < 4.78 is 86.2. The molecule has 362 valence electrons. The van der Waals surface area contributed by atoms with Crippen molar-refractivity contribution in [1.82, 2.24) is 0 Å². The highest BCUT2D eigenvalue weighted by Gasteiger charge is 2.42. The number of carbonyl (C=O) groups is 3. The summed E-state index contributed by atoms with van der Waals surface area (Å²) in [5, 5.41) is 0. The van der Waals surface area contributed by atoms with E-state index in [-0.39, 0.29) is 99.9 Å². The lowest BCUT2D eigenvalue weighted by molar-refractivity contribution is -0.177. The van der Waals surface area contributed by atoms with Gasteiger partial charge in [-0.2, -0.15) is 0 Å². The van der Waals surface area contributed by atoms with Gasteiger partial charge in [0.15, 0.2) is 0 Å². The fourth-order valence-electron chi connectivity index (χ4n) is 7.56. The second-order valence-corrected chi connectivity index (χ2v) is 18.8. The number of rotatable bonds is 37. The SMILES string of the molecule is CCC1(COCC(COCC2CO2)OC(=O)CC(CC)(CC(=O)OC(COCC2CO2)COCC2(CC)COC2)CC(=O)OC(COCC2CO2)COCC2(CC)COC2)COC1. The zero-order chi connectivity index (χ0) is 44.6. The normalized spacial score (nSPS) is 25.8. The summed E-state index contributed by atoms with van der Waals surface area (Å²) in [5.41, 5.74) is -1.45. The van der Waals surface area contributed by atoms with Crippen molar-refractivity contribution in [2.75, 3.05) is 139 Å². The molecule has 6 atom stereocenters. The van der Waals surface area contributed by atoms with Crippen LogP contribution in [0.1, 0.15) is 72.6 Å². The predicted octanol–water partition coefficient (Wildman–Crippen LogP) is 2.86. The van der Waals surface area contributed by atoms with Crippen LogP contribution in [0.15, 0.2) is 0 Å². The minimum atomic E-state index is -1.25. The van der Waals surface area contributed by atoms with Crippen LogP contribution in [-0.4, -0.2) is 193 Å². The molecule has 6 rings (SSSR count). The third kappa shape index (κ3) is 16.9. The van der Waals surface area contributed by atoms with E-state index in [2.05, 4.69) is 20.8 Å². The van der Waals surface area contributed by atoms with E-state index in [0.29, 0.717) is 99.1 Å². The maximum atomic E-state index is 14.0. The van der Waals surface area contributed by atoms with E-state index in [9.17, 15) is 14.4 Å². The minimum absolute atomic E-state index is 0.0193. The first-order valence-electron chi connectivity index (χ1n) is 23.1. The molecule has 18 heteroatoms. The van der Waals surface area contributed by atoms with E-state index in [4.69, 9.17) is 71.1 Å². The summed E-state index contributed by atoms with van der Waals surface area (Å²) >= 11 is 0. The summed E-state index contributed by atoms with van der Waals surface area (Å²) in [6.45, 7) is 16.6. The van der Waals surface area contributed by atoms with Crippen LogP contribution in [0.25, 0.3) is 0 Å². The fourth-order valence-corrected chi connectivity index (χ4v) is 7.56. The maximum absolute atomic E-state index is 14.0. The largest absolute Gasteiger partial charge is 0.457 e. The topological polar surface area (TPSA) is 200 Å². The Morgan fingerprint density at radius 3 is 0.952 bits per heavy atom. The van der Waals surface area contributed by atoms with Crippen molar-refractivity contribution in [2.24, 2.45) is 21.7 Å². The molecular weight excluding hydrogens is 828 g/mol. The molecular formula is C45H74O18. The molecule has 0 aromatic heterocycles. The summed E-state index contributed by atoms with van der Waals surface area (Å²) in [6.07, 6.45) is -0.115. The van der Waals surface area contributed by atoms with E-state index >= 15 is 0 Å². The average Bonchev–Trinajstić information content (AvgIpc) is 4.05. The van der Waals surface area contributed by atoms with E-state index < -0.39 is 41.6 Å². The monoisotopic (exact) mass is 902 g/mol. The van der Waals surface area contributed by atoms with Crippen LogP contribution in [0, 0.1) is 21.7 Å². The molecule has 0 aromatic rings. The summed E-state index contributed by atoms with van der Waals surface area (Å²) in [4.78, 5) is 42.1. The van der Waals surface area contributed by atoms with E-state index in [1.54, 1.807) is 0 Å². The average molecular weight is 903 g/mol. The lowest BCUT2D eigenvalue weighted by atomic mass is 9.75. The molecule has 6 aliphatic heterocycles. The number of esters is 3. The van der Waals surface area contributed by atoms with Crippen LogP contribution in [-0.2, 0) is 85.4 Å². The van der Waals surface area contributed by atoms with Crippen molar-refractivity contribution in [3.05, 3.63) is 0 Å². The van der Waals surface area contributed by atoms with Gasteiger partial charge >= 0.3 is 17.9 Å². The Morgan fingerprint density at radius 1 is 0.476 bits per heavy atom. The van der Waals surface area contributed by atoms with Crippen LogP contribution >= 0.6 is 0 Å². The van der Waals surface area contributed by atoms with E-state index in [1.807, 2.05) is 6.92 Å². The molecule has 6 saturated heterocycles. The quantitative estimate of drug-likeness (QED) is 0.0500. The van der Waals surface area contributed by atoms with Gasteiger partial charge in [-0.3, -0.25) is 14.4 Å². The molecule has 0 saturated carbocycles. The fraction of sp³-hybridized carbons (Fsp3) is 0.933. The summed E-state index contributed by atoms with van der Waals surface area (Å²) in [5.74, 6) is -1.85. The molecule has 0 N–H and O–H groups in total. The Morgan fingerprint density at radius 2 is 0.746 bits per heavy atom. The third-order valence-corrected chi connectivity index (χ3v) is 13.1. The maximum Gasteiger partial charge on any atom is 0.306 e. The zero-order valence-electron chi connectivity index (χ0n) is 38.1. The van der Waals surface area contributed by atoms with Gasteiger partial charge in [0.1, 0.15) is 36.6 Å². The lowest BCUT2D eigenvalue weighted by Gasteiger charge is -2.40. The molecule has 63 heavy (non-hydrogen) atoms. The lowest BCUT2D eigenvalue weighted by Crippen LogP contribution is -2.46.